The van der Waals surface area contributed by atoms with E-state index in [1.54, 1.807) is 0 Å². The summed E-state index contributed by atoms with van der Waals surface area (Å²) in [6, 6.07) is 0. The molecule has 0 aromatic carbocycles. The number of nitrogens with one attached hydrogen (secondary N) is 1. The Kier molecular flexibility index (Phi) is 1.78. The second-order valence-electron chi connectivity index (χ2n) is 5.70. The first-order valence-electron chi connectivity index (χ1n) is 6.75. The van der Waals surface area contributed by atoms with Crippen molar-refractivity contribution in [1.82, 2.24) is 5.32 Å². The Hall–Kier alpha value is -1.31. The van der Waals surface area contributed by atoms with Crippen molar-refractivity contribution in [2.24, 2.45) is 5.92 Å². The molecule has 1 fully saturated rings. The molecule has 2 heteroatoms. The van der Waals surface area contributed by atoms with E-state index in [2.05, 4.69) is 23.5 Å². The molecular weight excluding hydrogens is 210 g/mol. The van der Waals surface area contributed by atoms with Crippen LogP contribution in [-0.2, 0) is 4.79 Å². The average Bonchev–Trinajstić information content (AvgIpc) is 2.38. The van der Waals surface area contributed by atoms with E-state index in [4.69, 9.17) is 0 Å². The van der Waals surface area contributed by atoms with Crippen molar-refractivity contribution < 1.29 is 4.79 Å². The van der Waals surface area contributed by atoms with Gasteiger partial charge in [-0.2, -0.15) is 0 Å². The van der Waals surface area contributed by atoms with Gasteiger partial charge in [-0.1, -0.05) is 18.6 Å². The van der Waals surface area contributed by atoms with Gasteiger partial charge in [-0.05, 0) is 49.3 Å². The minimum atomic E-state index is -0.00280. The molecule has 0 radical (unpaired) electrons. The highest BCUT2D eigenvalue weighted by Crippen LogP contribution is 2.52. The van der Waals surface area contributed by atoms with Crippen molar-refractivity contribution in [1.29, 1.82) is 0 Å². The molecule has 2 nitrogen and oxygen atoms in total. The smallest absolute Gasteiger partial charge is 0.252 e. The molecule has 0 aromatic heterocycles. The van der Waals surface area contributed by atoms with Gasteiger partial charge in [0.2, 0.25) is 0 Å². The van der Waals surface area contributed by atoms with Gasteiger partial charge in [0.25, 0.3) is 5.91 Å². The molecular formula is C15H17NO. The zero-order chi connectivity index (χ0) is 11.5. The fourth-order valence-electron chi connectivity index (χ4n) is 4.19. The minimum Gasteiger partial charge on any atom is -0.342 e. The number of hydrogen-bond donors (Lipinski definition) is 1. The topological polar surface area (TPSA) is 29.1 Å². The summed E-state index contributed by atoms with van der Waals surface area (Å²) in [6.07, 6.45) is 13.8. The van der Waals surface area contributed by atoms with Gasteiger partial charge in [-0.15, -0.1) is 0 Å². The fourth-order valence-corrected chi connectivity index (χ4v) is 4.19. The maximum Gasteiger partial charge on any atom is 0.252 e. The van der Waals surface area contributed by atoms with Crippen LogP contribution in [0, 0.1) is 5.92 Å². The number of fused-ring (bicyclic) bond motifs is 1. The van der Waals surface area contributed by atoms with Crippen LogP contribution >= 0.6 is 0 Å². The van der Waals surface area contributed by atoms with Crippen molar-refractivity contribution in [2.45, 2.75) is 44.1 Å². The predicted octanol–water partition coefficient (Wildman–Crippen LogP) is 2.63. The van der Waals surface area contributed by atoms with E-state index in [1.807, 2.05) is 0 Å². The Labute approximate surface area is 101 Å². The van der Waals surface area contributed by atoms with Crippen LogP contribution in [-0.4, -0.2) is 11.4 Å². The molecule has 1 N–H and O–H groups in total. The van der Waals surface area contributed by atoms with Crippen LogP contribution in [0.25, 0.3) is 0 Å². The fraction of sp³-hybridized carbons (Fsp3) is 0.533. The van der Waals surface area contributed by atoms with Crippen LogP contribution in [0.2, 0.25) is 0 Å². The minimum absolute atomic E-state index is 0.00280. The number of allylic oxidation sites excluding steroid dienone is 2. The summed E-state index contributed by atoms with van der Waals surface area (Å²) >= 11 is 0. The SMILES string of the molecule is O=C1NC23CCCCC2=CC1=C1C=CCCC13. The van der Waals surface area contributed by atoms with Gasteiger partial charge in [0.15, 0.2) is 0 Å². The molecule has 2 unspecified atom stereocenters. The standard InChI is InChI=1S/C15H17NO/c17-14-12-9-10-5-3-4-8-15(10,16-14)13-7-2-1-6-11(12)13/h1,6,9,13H,2-5,7-8H2,(H,16,17). The maximum atomic E-state index is 12.1. The Morgan fingerprint density at radius 3 is 3.24 bits per heavy atom. The normalized spacial score (nSPS) is 38.5. The monoisotopic (exact) mass is 227 g/mol. The van der Waals surface area contributed by atoms with Crippen molar-refractivity contribution in [3.05, 3.63) is 34.9 Å². The number of carbonyl (C=O) groups is 1. The molecule has 2 aliphatic heterocycles. The lowest BCUT2D eigenvalue weighted by molar-refractivity contribution is -0.120. The van der Waals surface area contributed by atoms with E-state index in [0.717, 1.165) is 18.4 Å². The van der Waals surface area contributed by atoms with Crippen molar-refractivity contribution in [3.8, 4) is 0 Å². The number of carbonyl (C=O) groups excluding carboxylic acids is 1. The second-order valence-corrected chi connectivity index (χ2v) is 5.70. The highest BCUT2D eigenvalue weighted by atomic mass is 16.2. The van der Waals surface area contributed by atoms with Crippen molar-refractivity contribution >= 4 is 5.91 Å². The number of amides is 1. The van der Waals surface area contributed by atoms with Crippen LogP contribution in [0.5, 0.6) is 0 Å². The molecule has 3 aliphatic carbocycles. The summed E-state index contributed by atoms with van der Waals surface area (Å²) in [5.41, 5.74) is 3.76. The number of hydrogen-bond acceptors (Lipinski definition) is 1. The summed E-state index contributed by atoms with van der Waals surface area (Å²) in [7, 11) is 0. The van der Waals surface area contributed by atoms with Gasteiger partial charge < -0.3 is 5.32 Å². The summed E-state index contributed by atoms with van der Waals surface area (Å²) in [5, 5.41) is 3.33. The Morgan fingerprint density at radius 1 is 1.35 bits per heavy atom. The van der Waals surface area contributed by atoms with Crippen LogP contribution in [0.4, 0.5) is 0 Å². The summed E-state index contributed by atoms with van der Waals surface area (Å²) in [6.45, 7) is 0. The lowest BCUT2D eigenvalue weighted by Crippen LogP contribution is -2.62. The molecule has 0 aromatic rings. The Balaban J connectivity index is 1.97. The first-order valence-corrected chi connectivity index (χ1v) is 6.75. The lowest BCUT2D eigenvalue weighted by Gasteiger charge is -2.53. The molecule has 2 heterocycles. The molecule has 2 atom stereocenters. The summed E-state index contributed by atoms with van der Waals surface area (Å²) in [4.78, 5) is 12.1. The number of rotatable bonds is 0. The third-order valence-electron chi connectivity index (χ3n) is 4.94. The third kappa shape index (κ3) is 1.09. The molecule has 5 aliphatic rings. The van der Waals surface area contributed by atoms with E-state index in [0.29, 0.717) is 5.92 Å². The van der Waals surface area contributed by atoms with E-state index in [-0.39, 0.29) is 11.4 Å². The highest BCUT2D eigenvalue weighted by molar-refractivity contribution is 6.02. The third-order valence-corrected chi connectivity index (χ3v) is 4.94. The van der Waals surface area contributed by atoms with Crippen LogP contribution < -0.4 is 5.32 Å². The largest absolute Gasteiger partial charge is 0.342 e. The van der Waals surface area contributed by atoms with Crippen LogP contribution in [0.1, 0.15) is 38.5 Å². The quantitative estimate of drug-likeness (QED) is 0.677. The van der Waals surface area contributed by atoms with Crippen LogP contribution in [0.3, 0.4) is 0 Å². The van der Waals surface area contributed by atoms with E-state index < -0.39 is 0 Å². The summed E-state index contributed by atoms with van der Waals surface area (Å²) < 4.78 is 0. The van der Waals surface area contributed by atoms with Gasteiger partial charge in [0.1, 0.15) is 0 Å². The van der Waals surface area contributed by atoms with Gasteiger partial charge in [0.05, 0.1) is 5.54 Å². The first kappa shape index (κ1) is 9.69. The van der Waals surface area contributed by atoms with Gasteiger partial charge >= 0.3 is 0 Å². The van der Waals surface area contributed by atoms with Gasteiger partial charge in [0, 0.05) is 11.5 Å². The van der Waals surface area contributed by atoms with E-state index in [1.165, 1.54) is 36.8 Å². The second kappa shape index (κ2) is 3.12. The summed E-state index contributed by atoms with van der Waals surface area (Å²) in [5.74, 6) is 0.717. The zero-order valence-corrected chi connectivity index (χ0v) is 9.96. The first-order chi connectivity index (χ1) is 8.31. The van der Waals surface area contributed by atoms with E-state index in [9.17, 15) is 4.79 Å². The molecule has 1 spiro atoms. The molecule has 88 valence electrons. The molecule has 0 saturated heterocycles. The van der Waals surface area contributed by atoms with Gasteiger partial charge in [-0.3, -0.25) is 4.79 Å². The Morgan fingerprint density at radius 2 is 2.29 bits per heavy atom. The molecule has 1 amide bonds. The average molecular weight is 227 g/mol. The van der Waals surface area contributed by atoms with Crippen molar-refractivity contribution in [3.63, 3.8) is 0 Å². The molecule has 5 rings (SSSR count). The van der Waals surface area contributed by atoms with Gasteiger partial charge in [-0.25, -0.2) is 0 Å². The maximum absolute atomic E-state index is 12.1. The molecule has 17 heavy (non-hydrogen) atoms. The lowest BCUT2D eigenvalue weighted by atomic mass is 9.58. The Bertz CT molecular complexity index is 497. The predicted molar refractivity (Wildman–Crippen MR) is 66.3 cm³/mol. The van der Waals surface area contributed by atoms with Crippen molar-refractivity contribution in [2.75, 3.05) is 0 Å². The zero-order valence-electron chi connectivity index (χ0n) is 9.96. The van der Waals surface area contributed by atoms with E-state index >= 15 is 0 Å². The van der Waals surface area contributed by atoms with Crippen LogP contribution in [0.15, 0.2) is 34.9 Å². The molecule has 1 saturated carbocycles. The molecule has 2 bridgehead atoms. The highest BCUT2D eigenvalue weighted by Gasteiger charge is 2.52.